The van der Waals surface area contributed by atoms with E-state index in [9.17, 15) is 4.79 Å². The van der Waals surface area contributed by atoms with E-state index in [1.807, 2.05) is 67.1 Å². The molecular weight excluding hydrogens is 358 g/mol. The molecule has 3 aromatic heterocycles. The number of rotatable bonds is 5. The van der Waals surface area contributed by atoms with Gasteiger partial charge in [0.15, 0.2) is 10.8 Å². The van der Waals surface area contributed by atoms with Crippen LogP contribution in [0.15, 0.2) is 54.7 Å². The Labute approximate surface area is 161 Å². The number of fused-ring (bicyclic) bond motifs is 1. The number of nitrogens with zero attached hydrogens (tertiary/aromatic N) is 5. The molecule has 0 saturated carbocycles. The molecule has 0 aliphatic heterocycles. The van der Waals surface area contributed by atoms with Gasteiger partial charge in [-0.2, -0.15) is 5.10 Å². The third kappa shape index (κ3) is 3.46. The molecule has 0 saturated heterocycles. The molecule has 7 heteroatoms. The molecule has 1 amide bonds. The summed E-state index contributed by atoms with van der Waals surface area (Å²) in [5.74, 6) is -0.171. The van der Waals surface area contributed by atoms with Crippen molar-refractivity contribution in [2.75, 3.05) is 4.90 Å². The van der Waals surface area contributed by atoms with Crippen molar-refractivity contribution < 1.29 is 4.79 Å². The van der Waals surface area contributed by atoms with Crippen LogP contribution in [0, 0.1) is 6.92 Å². The van der Waals surface area contributed by atoms with Crippen LogP contribution in [0.5, 0.6) is 0 Å². The van der Waals surface area contributed by atoms with Crippen molar-refractivity contribution in [2.45, 2.75) is 26.9 Å². The van der Waals surface area contributed by atoms with Crippen LogP contribution in [-0.2, 0) is 13.1 Å². The Bertz CT molecular complexity index is 1050. The highest BCUT2D eigenvalue weighted by Gasteiger charge is 2.24. The predicted molar refractivity (Wildman–Crippen MR) is 107 cm³/mol. The minimum absolute atomic E-state index is 0.171. The maximum absolute atomic E-state index is 13.3. The first kappa shape index (κ1) is 17.4. The second-order valence-electron chi connectivity index (χ2n) is 6.16. The molecule has 1 aromatic carbocycles. The number of aromatic nitrogens is 4. The molecule has 0 unspecified atom stereocenters. The van der Waals surface area contributed by atoms with E-state index >= 15 is 0 Å². The van der Waals surface area contributed by atoms with Gasteiger partial charge in [-0.05, 0) is 44.2 Å². The van der Waals surface area contributed by atoms with Crippen molar-refractivity contribution in [3.05, 3.63) is 71.8 Å². The first-order valence-electron chi connectivity index (χ1n) is 8.77. The average molecular weight is 377 g/mol. The van der Waals surface area contributed by atoms with E-state index in [0.717, 1.165) is 28.1 Å². The molecular formula is C20H19N5OS. The van der Waals surface area contributed by atoms with E-state index in [1.165, 1.54) is 11.3 Å². The summed E-state index contributed by atoms with van der Waals surface area (Å²) in [6.07, 6.45) is 1.73. The normalized spacial score (nSPS) is 11.0. The van der Waals surface area contributed by atoms with Crippen LogP contribution in [0.2, 0.25) is 0 Å². The van der Waals surface area contributed by atoms with Crippen LogP contribution in [0.4, 0.5) is 5.13 Å². The smallest absolute Gasteiger partial charge is 0.276 e. The van der Waals surface area contributed by atoms with E-state index in [2.05, 4.69) is 15.1 Å². The second kappa shape index (κ2) is 7.28. The number of carbonyl (C=O) groups is 1. The summed E-state index contributed by atoms with van der Waals surface area (Å²) >= 11 is 1.50. The Balaban J connectivity index is 1.75. The van der Waals surface area contributed by atoms with E-state index in [-0.39, 0.29) is 5.91 Å². The maximum Gasteiger partial charge on any atom is 0.280 e. The lowest BCUT2D eigenvalue weighted by Gasteiger charge is -2.18. The molecule has 27 heavy (non-hydrogen) atoms. The molecule has 3 heterocycles. The summed E-state index contributed by atoms with van der Waals surface area (Å²) in [5, 5.41) is 5.10. The predicted octanol–water partition coefficient (Wildman–Crippen LogP) is 4.06. The van der Waals surface area contributed by atoms with Crippen molar-refractivity contribution in [3.63, 3.8) is 0 Å². The van der Waals surface area contributed by atoms with Crippen LogP contribution in [0.3, 0.4) is 0 Å². The fraction of sp³-hybridized carbons (Fsp3) is 0.200. The monoisotopic (exact) mass is 377 g/mol. The lowest BCUT2D eigenvalue weighted by atomic mass is 10.3. The third-order valence-electron chi connectivity index (χ3n) is 4.30. The number of hydrogen-bond donors (Lipinski definition) is 0. The van der Waals surface area contributed by atoms with Crippen molar-refractivity contribution in [1.29, 1.82) is 0 Å². The molecule has 0 fully saturated rings. The number of carbonyl (C=O) groups excluding carboxylic acids is 1. The summed E-state index contributed by atoms with van der Waals surface area (Å²) in [6.45, 7) is 5.03. The van der Waals surface area contributed by atoms with E-state index in [4.69, 9.17) is 0 Å². The molecule has 0 bridgehead atoms. The quantitative estimate of drug-likeness (QED) is 0.526. The van der Waals surface area contributed by atoms with Gasteiger partial charge in [-0.1, -0.05) is 29.5 Å². The first-order valence-corrected chi connectivity index (χ1v) is 9.59. The van der Waals surface area contributed by atoms with Crippen molar-refractivity contribution in [3.8, 4) is 0 Å². The second-order valence-corrected chi connectivity index (χ2v) is 7.17. The number of thiazole rings is 1. The molecule has 0 aliphatic rings. The molecule has 0 radical (unpaired) electrons. The van der Waals surface area contributed by atoms with Crippen LogP contribution in [-0.4, -0.2) is 25.7 Å². The number of benzene rings is 1. The number of pyridine rings is 1. The van der Waals surface area contributed by atoms with Crippen molar-refractivity contribution in [2.24, 2.45) is 0 Å². The lowest BCUT2D eigenvalue weighted by molar-refractivity contribution is 0.0979. The Morgan fingerprint density at radius 1 is 1.19 bits per heavy atom. The van der Waals surface area contributed by atoms with Gasteiger partial charge in [-0.3, -0.25) is 19.4 Å². The maximum atomic E-state index is 13.3. The largest absolute Gasteiger partial charge is 0.280 e. The zero-order valence-corrected chi connectivity index (χ0v) is 16.0. The van der Waals surface area contributed by atoms with Gasteiger partial charge in [-0.25, -0.2) is 4.98 Å². The Morgan fingerprint density at radius 2 is 2.00 bits per heavy atom. The molecule has 0 aliphatic carbocycles. The molecule has 4 rings (SSSR count). The summed E-state index contributed by atoms with van der Waals surface area (Å²) in [5.41, 5.74) is 3.07. The SMILES string of the molecule is CCn1nc(C(=O)N(Cc2ccccn2)c2nc3ccccc3s2)cc1C. The Hall–Kier alpha value is -3.06. The molecule has 0 atom stereocenters. The first-order chi connectivity index (χ1) is 13.2. The lowest BCUT2D eigenvalue weighted by Crippen LogP contribution is -2.31. The van der Waals surface area contributed by atoms with Crippen LogP contribution < -0.4 is 4.90 Å². The standard InChI is InChI=1S/C20H19N5OS/c1-3-25-14(2)12-17(23-25)19(26)24(13-15-8-6-7-11-21-15)20-22-16-9-4-5-10-18(16)27-20/h4-12H,3,13H2,1-2H3. The summed E-state index contributed by atoms with van der Waals surface area (Å²) in [7, 11) is 0. The summed E-state index contributed by atoms with van der Waals surface area (Å²) in [4.78, 5) is 24.0. The zero-order chi connectivity index (χ0) is 18.8. The van der Waals surface area contributed by atoms with Crippen molar-refractivity contribution in [1.82, 2.24) is 19.7 Å². The summed E-state index contributed by atoms with van der Waals surface area (Å²) < 4.78 is 2.87. The van der Waals surface area contributed by atoms with Gasteiger partial charge in [0.25, 0.3) is 5.91 Å². The third-order valence-corrected chi connectivity index (χ3v) is 5.36. The average Bonchev–Trinajstić information content (AvgIpc) is 3.29. The molecule has 136 valence electrons. The van der Waals surface area contributed by atoms with Gasteiger partial charge in [0.1, 0.15) is 0 Å². The number of amides is 1. The van der Waals surface area contributed by atoms with Crippen LogP contribution >= 0.6 is 11.3 Å². The van der Waals surface area contributed by atoms with Gasteiger partial charge < -0.3 is 0 Å². The number of hydrogen-bond acceptors (Lipinski definition) is 5. The number of anilines is 1. The summed E-state index contributed by atoms with van der Waals surface area (Å²) in [6, 6.07) is 15.4. The number of para-hydroxylation sites is 1. The van der Waals surface area contributed by atoms with Gasteiger partial charge in [0.2, 0.25) is 0 Å². The van der Waals surface area contributed by atoms with Gasteiger partial charge in [0, 0.05) is 18.4 Å². The Kier molecular flexibility index (Phi) is 4.68. The van der Waals surface area contributed by atoms with E-state index < -0.39 is 0 Å². The van der Waals surface area contributed by atoms with Crippen molar-refractivity contribution >= 4 is 32.6 Å². The fourth-order valence-corrected chi connectivity index (χ4v) is 3.89. The minimum atomic E-state index is -0.171. The molecule has 0 N–H and O–H groups in total. The highest BCUT2D eigenvalue weighted by Crippen LogP contribution is 2.30. The minimum Gasteiger partial charge on any atom is -0.276 e. The molecule has 0 spiro atoms. The number of aryl methyl sites for hydroxylation is 2. The zero-order valence-electron chi connectivity index (χ0n) is 15.2. The fourth-order valence-electron chi connectivity index (χ4n) is 2.93. The Morgan fingerprint density at radius 3 is 2.70 bits per heavy atom. The van der Waals surface area contributed by atoms with E-state index in [1.54, 1.807) is 11.1 Å². The van der Waals surface area contributed by atoms with Crippen LogP contribution in [0.1, 0.15) is 28.8 Å². The van der Waals surface area contributed by atoms with Gasteiger partial charge in [0.05, 0.1) is 22.5 Å². The highest BCUT2D eigenvalue weighted by atomic mass is 32.1. The van der Waals surface area contributed by atoms with Crippen LogP contribution in [0.25, 0.3) is 10.2 Å². The van der Waals surface area contributed by atoms with E-state index in [0.29, 0.717) is 17.4 Å². The van der Waals surface area contributed by atoms with Gasteiger partial charge in [-0.15, -0.1) is 0 Å². The topological polar surface area (TPSA) is 63.9 Å². The molecule has 4 aromatic rings. The molecule has 6 nitrogen and oxygen atoms in total. The van der Waals surface area contributed by atoms with Gasteiger partial charge >= 0.3 is 0 Å². The highest BCUT2D eigenvalue weighted by molar-refractivity contribution is 7.22.